The number of aliphatic imine (C=N–C) groups is 1. The van der Waals surface area contributed by atoms with Gasteiger partial charge in [-0.25, -0.2) is 4.99 Å². The molecule has 0 atom stereocenters. The summed E-state index contributed by atoms with van der Waals surface area (Å²) in [5, 5.41) is 10.7. The molecule has 0 aliphatic carbocycles. The lowest BCUT2D eigenvalue weighted by molar-refractivity contribution is -0.153. The van der Waals surface area contributed by atoms with E-state index in [1.807, 2.05) is 76.2 Å². The zero-order chi connectivity index (χ0) is 22.9. The van der Waals surface area contributed by atoms with Gasteiger partial charge in [0.25, 0.3) is 0 Å². The lowest BCUT2D eigenvalue weighted by Crippen LogP contribution is -2.45. The Bertz CT molecular complexity index is 802. The molecule has 0 radical (unpaired) electrons. The summed E-state index contributed by atoms with van der Waals surface area (Å²) in [6.07, 6.45) is 0.456. The second-order valence-corrected chi connectivity index (χ2v) is 10.7. The van der Waals surface area contributed by atoms with Crippen molar-refractivity contribution in [1.29, 1.82) is 0 Å². The largest absolute Gasteiger partial charge is 0.494 e. The highest BCUT2D eigenvalue weighted by Gasteiger charge is 2.36. The Kier molecular flexibility index (Phi) is 7.47. The number of amidine groups is 1. The lowest BCUT2D eigenvalue weighted by atomic mass is 9.97. The van der Waals surface area contributed by atoms with Crippen molar-refractivity contribution in [1.82, 2.24) is 8.01 Å². The number of ether oxygens (including phenoxy) is 2. The number of nitrogens with zero attached hydrogens (tertiary/aromatic N) is 3. The maximum absolute atomic E-state index is 12.0. The highest BCUT2D eigenvalue weighted by atomic mass is 127. The Labute approximate surface area is 192 Å². The van der Waals surface area contributed by atoms with Crippen molar-refractivity contribution >= 4 is 40.6 Å². The number of rotatable bonds is 6. The van der Waals surface area contributed by atoms with E-state index in [1.54, 1.807) is 3.11 Å². The van der Waals surface area contributed by atoms with Crippen molar-refractivity contribution < 1.29 is 24.2 Å². The van der Waals surface area contributed by atoms with E-state index in [1.165, 1.54) is 0 Å². The molecule has 0 bridgehead atoms. The van der Waals surface area contributed by atoms with E-state index in [0.717, 1.165) is 11.3 Å². The number of allylic oxidation sites excluding steroid dienone is 1. The summed E-state index contributed by atoms with van der Waals surface area (Å²) in [5.74, 6) is 0.265. The molecule has 9 heteroatoms. The Morgan fingerprint density at radius 3 is 2.13 bits per heavy atom. The fraction of sp³-hybridized carbons (Fsp3) is 0.667. The van der Waals surface area contributed by atoms with Crippen LogP contribution in [0.3, 0.4) is 0 Å². The first kappa shape index (κ1) is 24.5. The topological polar surface area (TPSA) is 91.7 Å². The molecule has 0 aromatic rings. The van der Waals surface area contributed by atoms with Crippen LogP contribution in [0.1, 0.15) is 54.9 Å². The third kappa shape index (κ3) is 5.67. The number of aliphatic hydroxyl groups excluding tert-OH is 1. The van der Waals surface area contributed by atoms with Crippen LogP contribution < -0.4 is 0 Å². The number of carbonyl (C=O) groups is 2. The summed E-state index contributed by atoms with van der Waals surface area (Å²) in [4.78, 5) is 30.7. The number of hydrogen-bond donors (Lipinski definition) is 1. The van der Waals surface area contributed by atoms with Crippen LogP contribution in [-0.4, -0.2) is 57.3 Å². The summed E-state index contributed by atoms with van der Waals surface area (Å²) >= 11 is 2.04. The van der Waals surface area contributed by atoms with E-state index in [9.17, 15) is 14.7 Å². The van der Waals surface area contributed by atoms with Gasteiger partial charge in [0, 0.05) is 12.1 Å². The third-order valence-corrected chi connectivity index (χ3v) is 5.45. The van der Waals surface area contributed by atoms with E-state index in [-0.39, 0.29) is 31.0 Å². The number of esters is 2. The molecule has 8 nitrogen and oxygen atoms in total. The molecule has 0 unspecified atom stereocenters. The standard InChI is InChI=1S/C21H32IN3O5/c1-13-14(8-10-29-18(27)20(2,3)4)15-16(23-13)24(12-25(22)17(15)26)9-11-30-19(28)21(5,6)7/h26H,8-12H2,1-7H3. The summed E-state index contributed by atoms with van der Waals surface area (Å²) in [6, 6.07) is 0. The molecule has 30 heavy (non-hydrogen) atoms. The summed E-state index contributed by atoms with van der Waals surface area (Å²) in [6.45, 7) is 14.1. The molecule has 0 spiro atoms. The normalized spacial score (nSPS) is 17.3. The summed E-state index contributed by atoms with van der Waals surface area (Å²) in [7, 11) is 0. The van der Waals surface area contributed by atoms with Crippen LogP contribution in [-0.2, 0) is 19.1 Å². The molecular weight excluding hydrogens is 501 g/mol. The van der Waals surface area contributed by atoms with Crippen LogP contribution >= 0.6 is 22.9 Å². The molecule has 2 aliphatic rings. The Morgan fingerprint density at radius 1 is 1.07 bits per heavy atom. The van der Waals surface area contributed by atoms with Crippen LogP contribution in [0.15, 0.2) is 27.7 Å². The van der Waals surface area contributed by atoms with Gasteiger partial charge in [-0.15, -0.1) is 0 Å². The monoisotopic (exact) mass is 533 g/mol. The Morgan fingerprint density at radius 2 is 1.60 bits per heavy atom. The van der Waals surface area contributed by atoms with Crippen LogP contribution in [0.2, 0.25) is 0 Å². The fourth-order valence-corrected chi connectivity index (χ4v) is 3.49. The average molecular weight is 533 g/mol. The molecule has 0 aromatic heterocycles. The van der Waals surface area contributed by atoms with Gasteiger partial charge in [0.2, 0.25) is 5.88 Å². The summed E-state index contributed by atoms with van der Waals surface area (Å²) < 4.78 is 12.5. The fourth-order valence-electron chi connectivity index (χ4n) is 2.88. The van der Waals surface area contributed by atoms with Crippen LogP contribution in [0, 0.1) is 10.8 Å². The number of hydrogen-bond acceptors (Lipinski definition) is 8. The van der Waals surface area contributed by atoms with Crippen LogP contribution in [0.5, 0.6) is 0 Å². The maximum atomic E-state index is 12.0. The molecule has 2 aliphatic heterocycles. The van der Waals surface area contributed by atoms with E-state index in [2.05, 4.69) is 4.99 Å². The molecule has 0 saturated heterocycles. The molecule has 0 saturated carbocycles. The third-order valence-electron chi connectivity index (χ3n) is 4.69. The number of carbonyl (C=O) groups excluding carboxylic acids is 2. The minimum atomic E-state index is -0.562. The SMILES string of the molecule is CC1=C(CCOC(=O)C(C)(C)C)C2=C(O)N(I)CN(CCOC(=O)C(C)(C)C)C2=N1. The van der Waals surface area contributed by atoms with E-state index < -0.39 is 10.8 Å². The molecule has 168 valence electrons. The second kappa shape index (κ2) is 9.15. The first-order valence-corrected chi connectivity index (χ1v) is 10.9. The van der Waals surface area contributed by atoms with Crippen molar-refractivity contribution in [2.75, 3.05) is 26.4 Å². The van der Waals surface area contributed by atoms with Gasteiger partial charge in [0.15, 0.2) is 0 Å². The van der Waals surface area contributed by atoms with Gasteiger partial charge in [-0.05, 0) is 54.0 Å². The molecule has 0 aromatic carbocycles. The predicted molar refractivity (Wildman–Crippen MR) is 123 cm³/mol. The average Bonchev–Trinajstić information content (AvgIpc) is 2.94. The molecule has 0 amide bonds. The smallest absolute Gasteiger partial charge is 0.311 e. The highest BCUT2D eigenvalue weighted by Crippen LogP contribution is 2.36. The molecular formula is C21H32IN3O5. The summed E-state index contributed by atoms with van der Waals surface area (Å²) in [5.41, 5.74) is 1.15. The van der Waals surface area contributed by atoms with Gasteiger partial charge in [0.1, 0.15) is 19.1 Å². The van der Waals surface area contributed by atoms with Crippen molar-refractivity contribution in [2.45, 2.75) is 54.9 Å². The van der Waals surface area contributed by atoms with Crippen molar-refractivity contribution in [3.63, 3.8) is 0 Å². The number of fused-ring (bicyclic) bond motifs is 1. The quantitative estimate of drug-likeness (QED) is 0.314. The maximum Gasteiger partial charge on any atom is 0.311 e. The Hall–Kier alpha value is -1.78. The highest BCUT2D eigenvalue weighted by molar-refractivity contribution is 14.1. The van der Waals surface area contributed by atoms with Gasteiger partial charge in [-0.3, -0.25) is 12.7 Å². The van der Waals surface area contributed by atoms with E-state index in [0.29, 0.717) is 31.0 Å². The predicted octanol–water partition coefficient (Wildman–Crippen LogP) is 3.94. The first-order chi connectivity index (χ1) is 13.7. The number of halogens is 1. The lowest BCUT2D eigenvalue weighted by Gasteiger charge is -2.35. The molecule has 2 heterocycles. The van der Waals surface area contributed by atoms with Gasteiger partial charge >= 0.3 is 11.9 Å². The zero-order valence-electron chi connectivity index (χ0n) is 18.8. The van der Waals surface area contributed by atoms with Gasteiger partial charge < -0.3 is 19.5 Å². The van der Waals surface area contributed by atoms with Crippen molar-refractivity contribution in [3.8, 4) is 0 Å². The van der Waals surface area contributed by atoms with Gasteiger partial charge in [0.05, 0.1) is 52.4 Å². The molecule has 1 N–H and O–H groups in total. The van der Waals surface area contributed by atoms with E-state index in [4.69, 9.17) is 9.47 Å². The second-order valence-electron chi connectivity index (χ2n) is 9.49. The van der Waals surface area contributed by atoms with Crippen LogP contribution in [0.4, 0.5) is 0 Å². The molecule has 2 rings (SSSR count). The minimum Gasteiger partial charge on any atom is -0.494 e. The van der Waals surface area contributed by atoms with Crippen molar-refractivity contribution in [2.24, 2.45) is 15.8 Å². The minimum absolute atomic E-state index is 0.131. The molecule has 0 fully saturated rings. The number of aliphatic hydroxyl groups is 1. The van der Waals surface area contributed by atoms with E-state index >= 15 is 0 Å². The van der Waals surface area contributed by atoms with Crippen LogP contribution in [0.25, 0.3) is 0 Å². The van der Waals surface area contributed by atoms with Gasteiger partial charge in [-0.2, -0.15) is 0 Å². The zero-order valence-corrected chi connectivity index (χ0v) is 21.0. The van der Waals surface area contributed by atoms with Gasteiger partial charge in [-0.1, -0.05) is 0 Å². The Balaban J connectivity index is 2.06. The van der Waals surface area contributed by atoms with Crippen molar-refractivity contribution in [3.05, 3.63) is 22.7 Å². The first-order valence-electron chi connectivity index (χ1n) is 9.98.